The fourth-order valence-electron chi connectivity index (χ4n) is 1.74. The SMILES string of the molecule is C/C=C/C(C)c1cc(C)c(N)cc1C. The van der Waals surface area contributed by atoms with Crippen LogP contribution >= 0.6 is 0 Å². The molecule has 0 aliphatic carbocycles. The molecule has 0 spiro atoms. The summed E-state index contributed by atoms with van der Waals surface area (Å²) in [7, 11) is 0. The summed E-state index contributed by atoms with van der Waals surface area (Å²) in [6.45, 7) is 8.43. The second-order valence-corrected chi connectivity index (χ2v) is 3.88. The van der Waals surface area contributed by atoms with E-state index in [9.17, 15) is 0 Å². The maximum absolute atomic E-state index is 5.85. The van der Waals surface area contributed by atoms with Crippen LogP contribution in [0.15, 0.2) is 24.3 Å². The summed E-state index contributed by atoms with van der Waals surface area (Å²) in [6.07, 6.45) is 4.30. The topological polar surface area (TPSA) is 26.0 Å². The fourth-order valence-corrected chi connectivity index (χ4v) is 1.74. The summed E-state index contributed by atoms with van der Waals surface area (Å²) in [5.74, 6) is 0.472. The zero-order chi connectivity index (χ0) is 10.7. The lowest BCUT2D eigenvalue weighted by atomic mass is 9.93. The molecule has 2 N–H and O–H groups in total. The molecule has 1 heteroatoms. The number of nitrogen functional groups attached to an aromatic ring is 1. The summed E-state index contributed by atoms with van der Waals surface area (Å²) in [5.41, 5.74) is 10.5. The standard InChI is InChI=1S/C13H19N/c1-5-6-9(2)12-7-11(4)13(14)8-10(12)3/h5-9H,14H2,1-4H3/b6-5+. The van der Waals surface area contributed by atoms with Crippen molar-refractivity contribution >= 4 is 5.69 Å². The zero-order valence-electron chi connectivity index (χ0n) is 9.46. The van der Waals surface area contributed by atoms with Gasteiger partial charge < -0.3 is 5.73 Å². The van der Waals surface area contributed by atoms with Gasteiger partial charge in [-0.15, -0.1) is 0 Å². The van der Waals surface area contributed by atoms with Crippen molar-refractivity contribution in [1.82, 2.24) is 0 Å². The number of nitrogens with two attached hydrogens (primary N) is 1. The smallest absolute Gasteiger partial charge is 0.0346 e. The van der Waals surface area contributed by atoms with Crippen LogP contribution in [0.3, 0.4) is 0 Å². The van der Waals surface area contributed by atoms with Crippen LogP contribution in [0.1, 0.15) is 36.5 Å². The molecule has 0 saturated heterocycles. The first-order chi connectivity index (χ1) is 6.56. The van der Waals surface area contributed by atoms with E-state index in [4.69, 9.17) is 5.73 Å². The molecule has 0 bridgehead atoms. The molecule has 1 aromatic rings. The first-order valence-corrected chi connectivity index (χ1v) is 5.05. The monoisotopic (exact) mass is 189 g/mol. The molecule has 1 unspecified atom stereocenters. The van der Waals surface area contributed by atoms with Crippen LogP contribution in [0.5, 0.6) is 0 Å². The first-order valence-electron chi connectivity index (χ1n) is 5.05. The third-order valence-corrected chi connectivity index (χ3v) is 2.63. The number of hydrogen-bond donors (Lipinski definition) is 1. The van der Waals surface area contributed by atoms with E-state index < -0.39 is 0 Å². The molecular weight excluding hydrogens is 170 g/mol. The van der Waals surface area contributed by atoms with Gasteiger partial charge in [0.1, 0.15) is 0 Å². The summed E-state index contributed by atoms with van der Waals surface area (Å²) < 4.78 is 0. The Labute approximate surface area is 86.6 Å². The van der Waals surface area contributed by atoms with Crippen molar-refractivity contribution in [2.75, 3.05) is 5.73 Å². The summed E-state index contributed by atoms with van der Waals surface area (Å²) in [6, 6.07) is 4.25. The van der Waals surface area contributed by atoms with Gasteiger partial charge in [0, 0.05) is 5.69 Å². The predicted octanol–water partition coefficient (Wildman–Crippen LogP) is 3.57. The molecule has 0 radical (unpaired) electrons. The number of anilines is 1. The van der Waals surface area contributed by atoms with Gasteiger partial charge in [0.2, 0.25) is 0 Å². The number of benzene rings is 1. The van der Waals surface area contributed by atoms with Crippen LogP contribution in [0, 0.1) is 13.8 Å². The average Bonchev–Trinajstić information content (AvgIpc) is 2.11. The molecule has 0 aromatic heterocycles. The third kappa shape index (κ3) is 2.16. The van der Waals surface area contributed by atoms with E-state index in [1.54, 1.807) is 0 Å². The molecule has 1 rings (SSSR count). The van der Waals surface area contributed by atoms with Crippen molar-refractivity contribution in [2.45, 2.75) is 33.6 Å². The molecule has 0 heterocycles. The lowest BCUT2D eigenvalue weighted by molar-refractivity contribution is 0.947. The Morgan fingerprint density at radius 1 is 1.21 bits per heavy atom. The van der Waals surface area contributed by atoms with Crippen LogP contribution in [0.4, 0.5) is 5.69 Å². The van der Waals surface area contributed by atoms with Crippen LogP contribution < -0.4 is 5.73 Å². The van der Waals surface area contributed by atoms with Gasteiger partial charge in [0.05, 0.1) is 0 Å². The van der Waals surface area contributed by atoms with Gasteiger partial charge in [-0.05, 0) is 49.4 Å². The molecule has 0 aliphatic rings. The molecule has 76 valence electrons. The Bertz CT molecular complexity index is 350. The lowest BCUT2D eigenvalue weighted by Crippen LogP contribution is -1.98. The minimum absolute atomic E-state index is 0.472. The van der Waals surface area contributed by atoms with Gasteiger partial charge >= 0.3 is 0 Å². The average molecular weight is 189 g/mol. The van der Waals surface area contributed by atoms with E-state index in [0.29, 0.717) is 5.92 Å². The molecular formula is C13H19N. The Hall–Kier alpha value is -1.24. The largest absolute Gasteiger partial charge is 0.399 e. The molecule has 1 atom stereocenters. The lowest BCUT2D eigenvalue weighted by Gasteiger charge is -2.13. The van der Waals surface area contributed by atoms with E-state index in [2.05, 4.69) is 52.0 Å². The summed E-state index contributed by atoms with van der Waals surface area (Å²) in [4.78, 5) is 0. The Morgan fingerprint density at radius 2 is 1.86 bits per heavy atom. The van der Waals surface area contributed by atoms with Crippen molar-refractivity contribution in [2.24, 2.45) is 0 Å². The van der Waals surface area contributed by atoms with Crippen LogP contribution in [-0.2, 0) is 0 Å². The molecule has 1 nitrogen and oxygen atoms in total. The van der Waals surface area contributed by atoms with E-state index in [0.717, 1.165) is 5.69 Å². The van der Waals surface area contributed by atoms with Gasteiger partial charge in [-0.1, -0.05) is 25.1 Å². The Balaban J connectivity index is 3.15. The van der Waals surface area contributed by atoms with E-state index in [1.807, 2.05) is 0 Å². The number of hydrogen-bond acceptors (Lipinski definition) is 1. The van der Waals surface area contributed by atoms with Crippen LogP contribution in [0.2, 0.25) is 0 Å². The second kappa shape index (κ2) is 4.32. The van der Waals surface area contributed by atoms with Crippen LogP contribution in [0.25, 0.3) is 0 Å². The normalized spacial score (nSPS) is 13.4. The van der Waals surface area contributed by atoms with Crippen molar-refractivity contribution < 1.29 is 0 Å². The quantitative estimate of drug-likeness (QED) is 0.558. The fraction of sp³-hybridized carbons (Fsp3) is 0.385. The highest BCUT2D eigenvalue weighted by molar-refractivity contribution is 5.52. The second-order valence-electron chi connectivity index (χ2n) is 3.88. The van der Waals surface area contributed by atoms with Gasteiger partial charge in [0.15, 0.2) is 0 Å². The number of allylic oxidation sites excluding steroid dienone is 2. The minimum Gasteiger partial charge on any atom is -0.399 e. The highest BCUT2D eigenvalue weighted by Gasteiger charge is 2.06. The molecule has 0 amide bonds. The van der Waals surface area contributed by atoms with Crippen molar-refractivity contribution in [1.29, 1.82) is 0 Å². The maximum Gasteiger partial charge on any atom is 0.0346 e. The number of rotatable bonds is 2. The molecule has 0 saturated carbocycles. The molecule has 0 fully saturated rings. The summed E-state index contributed by atoms with van der Waals surface area (Å²) >= 11 is 0. The molecule has 1 aromatic carbocycles. The van der Waals surface area contributed by atoms with Gasteiger partial charge in [-0.2, -0.15) is 0 Å². The number of aryl methyl sites for hydroxylation is 2. The summed E-state index contributed by atoms with van der Waals surface area (Å²) in [5, 5.41) is 0. The molecule has 14 heavy (non-hydrogen) atoms. The van der Waals surface area contributed by atoms with Crippen molar-refractivity contribution in [3.8, 4) is 0 Å². The third-order valence-electron chi connectivity index (χ3n) is 2.63. The Morgan fingerprint density at radius 3 is 2.43 bits per heavy atom. The van der Waals surface area contributed by atoms with E-state index >= 15 is 0 Å². The van der Waals surface area contributed by atoms with Gasteiger partial charge in [-0.3, -0.25) is 0 Å². The highest BCUT2D eigenvalue weighted by atomic mass is 14.6. The molecule has 0 aliphatic heterocycles. The van der Waals surface area contributed by atoms with Crippen LogP contribution in [-0.4, -0.2) is 0 Å². The van der Waals surface area contributed by atoms with Crippen molar-refractivity contribution in [3.05, 3.63) is 41.0 Å². The van der Waals surface area contributed by atoms with Crippen molar-refractivity contribution in [3.63, 3.8) is 0 Å². The minimum atomic E-state index is 0.472. The predicted molar refractivity (Wildman–Crippen MR) is 63.6 cm³/mol. The Kier molecular flexibility index (Phi) is 3.34. The van der Waals surface area contributed by atoms with E-state index in [-0.39, 0.29) is 0 Å². The van der Waals surface area contributed by atoms with E-state index in [1.165, 1.54) is 16.7 Å². The highest BCUT2D eigenvalue weighted by Crippen LogP contribution is 2.25. The van der Waals surface area contributed by atoms with Gasteiger partial charge in [0.25, 0.3) is 0 Å². The van der Waals surface area contributed by atoms with Gasteiger partial charge in [-0.25, -0.2) is 0 Å². The first kappa shape index (κ1) is 10.8. The maximum atomic E-state index is 5.85. The zero-order valence-corrected chi connectivity index (χ0v) is 9.46.